The fourth-order valence-corrected chi connectivity index (χ4v) is 3.26. The Morgan fingerprint density at radius 3 is 2.57 bits per heavy atom. The van der Waals surface area contributed by atoms with Crippen LogP contribution in [0.1, 0.15) is 19.3 Å². The molecular weight excluding hydrogens is 293 g/mol. The van der Waals surface area contributed by atoms with Crippen LogP contribution in [-0.4, -0.2) is 35.1 Å². The van der Waals surface area contributed by atoms with Crippen molar-refractivity contribution in [3.05, 3.63) is 24.0 Å². The van der Waals surface area contributed by atoms with E-state index in [-0.39, 0.29) is 4.90 Å². The third kappa shape index (κ3) is 4.15. The molecule has 2 rings (SSSR count). The number of benzene rings is 1. The van der Waals surface area contributed by atoms with Crippen molar-refractivity contribution in [2.75, 3.05) is 31.6 Å². The number of anilines is 1. The molecule has 0 spiro atoms. The number of nitrogens with zero attached hydrogens (tertiary/aromatic N) is 1. The van der Waals surface area contributed by atoms with E-state index in [2.05, 4.69) is 5.32 Å². The quantitative estimate of drug-likeness (QED) is 0.859. The molecule has 0 bridgehead atoms. The number of halogens is 1. The van der Waals surface area contributed by atoms with Crippen LogP contribution in [0.25, 0.3) is 0 Å². The van der Waals surface area contributed by atoms with Crippen LogP contribution in [0, 0.1) is 11.7 Å². The Hall–Kier alpha value is -1.18. The summed E-state index contributed by atoms with van der Waals surface area (Å²) in [7, 11) is -1.92. The summed E-state index contributed by atoms with van der Waals surface area (Å²) in [6, 6.07) is 3.86. The molecule has 1 aromatic carbocycles. The van der Waals surface area contributed by atoms with Gasteiger partial charge in [0.15, 0.2) is 0 Å². The highest BCUT2D eigenvalue weighted by atomic mass is 32.2. The van der Waals surface area contributed by atoms with E-state index in [4.69, 9.17) is 5.14 Å². The van der Waals surface area contributed by atoms with Crippen LogP contribution in [-0.2, 0) is 10.0 Å². The predicted molar refractivity (Wildman–Crippen MR) is 81.3 cm³/mol. The molecule has 7 heteroatoms. The molecular formula is C14H22FN3O2S. The maximum Gasteiger partial charge on any atom is 0.238 e. The van der Waals surface area contributed by atoms with Crippen LogP contribution in [0.15, 0.2) is 23.1 Å². The summed E-state index contributed by atoms with van der Waals surface area (Å²) in [6.07, 6.45) is 3.19. The van der Waals surface area contributed by atoms with Crippen LogP contribution in [0.2, 0.25) is 0 Å². The van der Waals surface area contributed by atoms with Crippen molar-refractivity contribution in [3.63, 3.8) is 0 Å². The van der Waals surface area contributed by atoms with E-state index in [1.165, 1.54) is 12.1 Å². The minimum atomic E-state index is -3.86. The zero-order valence-corrected chi connectivity index (χ0v) is 13.0. The van der Waals surface area contributed by atoms with Crippen molar-refractivity contribution in [3.8, 4) is 0 Å². The third-order valence-corrected chi connectivity index (χ3v) is 4.92. The molecule has 0 saturated carbocycles. The lowest BCUT2D eigenvalue weighted by Gasteiger charge is -2.33. The lowest BCUT2D eigenvalue weighted by Crippen LogP contribution is -2.35. The monoisotopic (exact) mass is 315 g/mol. The van der Waals surface area contributed by atoms with Crippen LogP contribution >= 0.6 is 0 Å². The lowest BCUT2D eigenvalue weighted by atomic mass is 9.93. The number of hydrogen-bond donors (Lipinski definition) is 2. The van der Waals surface area contributed by atoms with E-state index in [1.54, 1.807) is 0 Å². The Balaban J connectivity index is 2.04. The van der Waals surface area contributed by atoms with Crippen LogP contribution < -0.4 is 15.4 Å². The van der Waals surface area contributed by atoms with Crippen LogP contribution in [0.3, 0.4) is 0 Å². The molecule has 1 aromatic rings. The van der Waals surface area contributed by atoms with Gasteiger partial charge in [0.2, 0.25) is 10.0 Å². The molecule has 0 amide bonds. The van der Waals surface area contributed by atoms with Gasteiger partial charge in [0.05, 0.1) is 10.6 Å². The second kappa shape index (κ2) is 6.72. The van der Waals surface area contributed by atoms with Crippen molar-refractivity contribution in [2.24, 2.45) is 11.1 Å². The molecule has 21 heavy (non-hydrogen) atoms. The molecule has 5 nitrogen and oxygen atoms in total. The van der Waals surface area contributed by atoms with Crippen molar-refractivity contribution < 1.29 is 12.8 Å². The van der Waals surface area contributed by atoms with Gasteiger partial charge in [-0.3, -0.25) is 0 Å². The Kier molecular flexibility index (Phi) is 5.18. The fourth-order valence-electron chi connectivity index (χ4n) is 2.73. The SMILES string of the molecule is CNCCC1CCN(c2ccc(S(N)(=O)=O)cc2F)CC1. The van der Waals surface area contributed by atoms with Crippen LogP contribution in [0.4, 0.5) is 10.1 Å². The van der Waals surface area contributed by atoms with Gasteiger partial charge in [-0.2, -0.15) is 0 Å². The minimum absolute atomic E-state index is 0.187. The first-order valence-corrected chi connectivity index (χ1v) is 8.68. The van der Waals surface area contributed by atoms with Crippen molar-refractivity contribution in [1.82, 2.24) is 5.32 Å². The number of sulfonamides is 1. The molecule has 0 unspecified atom stereocenters. The first kappa shape index (κ1) is 16.2. The number of piperidine rings is 1. The molecule has 0 radical (unpaired) electrons. The van der Waals surface area contributed by atoms with Crippen molar-refractivity contribution in [2.45, 2.75) is 24.2 Å². The largest absolute Gasteiger partial charge is 0.369 e. The summed E-state index contributed by atoms with van der Waals surface area (Å²) in [4.78, 5) is 1.78. The second-order valence-corrected chi connectivity index (χ2v) is 7.04. The highest BCUT2D eigenvalue weighted by molar-refractivity contribution is 7.89. The van der Waals surface area contributed by atoms with Crippen molar-refractivity contribution >= 4 is 15.7 Å². The Morgan fingerprint density at radius 2 is 2.05 bits per heavy atom. The molecule has 1 saturated heterocycles. The van der Waals surface area contributed by atoms with E-state index in [0.29, 0.717) is 11.6 Å². The second-order valence-electron chi connectivity index (χ2n) is 5.48. The van der Waals surface area contributed by atoms with Gasteiger partial charge in [0.1, 0.15) is 5.82 Å². The van der Waals surface area contributed by atoms with Crippen LogP contribution in [0.5, 0.6) is 0 Å². The number of hydrogen-bond acceptors (Lipinski definition) is 4. The molecule has 3 N–H and O–H groups in total. The molecule has 0 aromatic heterocycles. The Morgan fingerprint density at radius 1 is 1.38 bits per heavy atom. The van der Waals surface area contributed by atoms with E-state index >= 15 is 0 Å². The van der Waals surface area contributed by atoms with Gasteiger partial charge in [-0.05, 0) is 57.0 Å². The number of rotatable bonds is 5. The van der Waals surface area contributed by atoms with Gasteiger partial charge >= 0.3 is 0 Å². The summed E-state index contributed by atoms with van der Waals surface area (Å²) in [5, 5.41) is 8.15. The predicted octanol–water partition coefficient (Wildman–Crippen LogP) is 1.30. The number of nitrogens with one attached hydrogen (secondary N) is 1. The van der Waals surface area contributed by atoms with E-state index < -0.39 is 15.8 Å². The average molecular weight is 315 g/mol. The van der Waals surface area contributed by atoms with Crippen molar-refractivity contribution in [1.29, 1.82) is 0 Å². The summed E-state index contributed by atoms with van der Waals surface area (Å²) in [5.74, 6) is 0.135. The summed E-state index contributed by atoms with van der Waals surface area (Å²) >= 11 is 0. The molecule has 1 fully saturated rings. The Bertz CT molecular complexity index is 584. The molecule has 1 aliphatic heterocycles. The fraction of sp³-hybridized carbons (Fsp3) is 0.571. The van der Waals surface area contributed by atoms with E-state index in [9.17, 15) is 12.8 Å². The van der Waals surface area contributed by atoms with E-state index in [1.807, 2.05) is 11.9 Å². The minimum Gasteiger partial charge on any atom is -0.369 e. The molecule has 1 aliphatic rings. The highest BCUT2D eigenvalue weighted by Gasteiger charge is 2.22. The summed E-state index contributed by atoms with van der Waals surface area (Å²) < 4.78 is 36.5. The topological polar surface area (TPSA) is 75.4 Å². The standard InChI is InChI=1S/C14H22FN3O2S/c1-17-7-4-11-5-8-18(9-6-11)14-3-2-12(10-13(14)15)21(16,19)20/h2-3,10-11,17H,4-9H2,1H3,(H2,16,19,20). The van der Waals surface area contributed by atoms with Gasteiger partial charge in [0, 0.05) is 13.1 Å². The van der Waals surface area contributed by atoms with Gasteiger partial charge in [-0.15, -0.1) is 0 Å². The molecule has 0 aliphatic carbocycles. The third-order valence-electron chi connectivity index (χ3n) is 4.01. The van der Waals surface area contributed by atoms with Gasteiger partial charge in [-0.25, -0.2) is 17.9 Å². The van der Waals surface area contributed by atoms with Gasteiger partial charge in [-0.1, -0.05) is 0 Å². The van der Waals surface area contributed by atoms with Gasteiger partial charge < -0.3 is 10.2 Å². The number of primary sulfonamides is 1. The normalized spacial score (nSPS) is 17.2. The zero-order valence-electron chi connectivity index (χ0n) is 12.2. The summed E-state index contributed by atoms with van der Waals surface area (Å²) in [5.41, 5.74) is 0.453. The molecule has 0 atom stereocenters. The Labute approximate surface area is 125 Å². The first-order valence-electron chi connectivity index (χ1n) is 7.13. The zero-order chi connectivity index (χ0) is 15.5. The average Bonchev–Trinajstić information content (AvgIpc) is 2.45. The van der Waals surface area contributed by atoms with E-state index in [0.717, 1.165) is 45.0 Å². The maximum atomic E-state index is 14.1. The summed E-state index contributed by atoms with van der Waals surface area (Å²) in [6.45, 7) is 2.59. The highest BCUT2D eigenvalue weighted by Crippen LogP contribution is 2.28. The first-order chi connectivity index (χ1) is 9.91. The molecule has 118 valence electrons. The van der Waals surface area contributed by atoms with Gasteiger partial charge in [0.25, 0.3) is 0 Å². The molecule has 1 heterocycles. The lowest BCUT2D eigenvalue weighted by molar-refractivity contribution is 0.376. The smallest absolute Gasteiger partial charge is 0.238 e. The number of nitrogens with two attached hydrogens (primary N) is 1. The maximum absolute atomic E-state index is 14.1.